The molecule has 0 saturated heterocycles. The van der Waals surface area contributed by atoms with Crippen LogP contribution < -0.4 is 4.90 Å². The number of carbonyl (C=O) groups is 3. The van der Waals surface area contributed by atoms with E-state index in [0.29, 0.717) is 24.8 Å². The van der Waals surface area contributed by atoms with Crippen molar-refractivity contribution in [1.82, 2.24) is 0 Å². The van der Waals surface area contributed by atoms with E-state index in [9.17, 15) is 14.4 Å². The van der Waals surface area contributed by atoms with Crippen LogP contribution in [0.15, 0.2) is 34.5 Å². The number of furan rings is 1. The van der Waals surface area contributed by atoms with Gasteiger partial charge in [-0.1, -0.05) is 5.57 Å². The average Bonchev–Trinajstić information content (AvgIpc) is 2.89. The Bertz CT molecular complexity index is 651. The summed E-state index contributed by atoms with van der Waals surface area (Å²) in [5, 5.41) is 0. The van der Waals surface area contributed by atoms with E-state index in [0.717, 1.165) is 4.90 Å². The lowest BCUT2D eigenvalue weighted by Gasteiger charge is -2.27. The Morgan fingerprint density at radius 1 is 1.33 bits per heavy atom. The smallest absolute Gasteiger partial charge is 0.424 e. The molecule has 1 aliphatic rings. The van der Waals surface area contributed by atoms with E-state index in [1.165, 1.54) is 18.4 Å². The standard InChI is InChI=1S/C18H23NO5/c1-12-11-13(20)7-5-8-14(12)16(21)19(15-9-6-10-23-15)17(22)24-18(2,3)4/h6,9-11,14H,5,7-8H2,1-4H3/t14-/m0/s1. The SMILES string of the molecule is CC1=CC(=O)CCC[C@@H]1C(=O)N(C(=O)OC(C)(C)C)c1ccco1. The van der Waals surface area contributed by atoms with Gasteiger partial charge in [-0.05, 0) is 52.7 Å². The normalized spacial score (nSPS) is 18.6. The number of allylic oxidation sites excluding steroid dienone is 1. The minimum atomic E-state index is -0.786. The second-order valence-electron chi connectivity index (χ2n) is 6.90. The van der Waals surface area contributed by atoms with Crippen molar-refractivity contribution < 1.29 is 23.5 Å². The third-order valence-corrected chi connectivity index (χ3v) is 3.68. The van der Waals surface area contributed by atoms with Gasteiger partial charge in [0.1, 0.15) is 5.60 Å². The summed E-state index contributed by atoms with van der Waals surface area (Å²) < 4.78 is 10.6. The largest absolute Gasteiger partial charge is 0.448 e. The molecule has 6 nitrogen and oxygen atoms in total. The molecule has 1 atom stereocenters. The van der Waals surface area contributed by atoms with Crippen molar-refractivity contribution in [2.45, 2.75) is 52.6 Å². The average molecular weight is 333 g/mol. The van der Waals surface area contributed by atoms with Gasteiger partial charge in [-0.25, -0.2) is 4.79 Å². The number of ether oxygens (including phenoxy) is 1. The van der Waals surface area contributed by atoms with Gasteiger partial charge in [-0.15, -0.1) is 0 Å². The van der Waals surface area contributed by atoms with E-state index in [2.05, 4.69) is 0 Å². The monoisotopic (exact) mass is 333 g/mol. The van der Waals surface area contributed by atoms with E-state index in [4.69, 9.17) is 9.15 Å². The summed E-state index contributed by atoms with van der Waals surface area (Å²) >= 11 is 0. The number of ketones is 1. The summed E-state index contributed by atoms with van der Waals surface area (Å²) in [5.74, 6) is -0.876. The lowest BCUT2D eigenvalue weighted by molar-refractivity contribution is -0.121. The molecule has 1 heterocycles. The van der Waals surface area contributed by atoms with Gasteiger partial charge in [-0.3, -0.25) is 9.59 Å². The maximum Gasteiger partial charge on any atom is 0.424 e. The fourth-order valence-corrected chi connectivity index (χ4v) is 2.60. The number of nitrogens with zero attached hydrogens (tertiary/aromatic N) is 1. The molecule has 0 unspecified atom stereocenters. The van der Waals surface area contributed by atoms with Crippen LogP contribution >= 0.6 is 0 Å². The summed E-state index contributed by atoms with van der Waals surface area (Å²) in [6.07, 6.45) is 3.61. The number of hydrogen-bond acceptors (Lipinski definition) is 5. The van der Waals surface area contributed by atoms with Crippen molar-refractivity contribution in [3.05, 3.63) is 30.0 Å². The molecule has 0 saturated carbocycles. The number of amides is 2. The molecular formula is C18H23NO5. The third-order valence-electron chi connectivity index (χ3n) is 3.68. The molecule has 2 amide bonds. The molecule has 0 fully saturated rings. The van der Waals surface area contributed by atoms with Gasteiger partial charge in [0, 0.05) is 12.5 Å². The van der Waals surface area contributed by atoms with Crippen LogP contribution in [0.3, 0.4) is 0 Å². The Balaban J connectivity index is 2.33. The number of anilines is 1. The Hall–Kier alpha value is -2.37. The van der Waals surface area contributed by atoms with Crippen molar-refractivity contribution >= 4 is 23.7 Å². The topological polar surface area (TPSA) is 76.8 Å². The Kier molecular flexibility index (Phi) is 5.26. The van der Waals surface area contributed by atoms with Crippen molar-refractivity contribution in [2.75, 3.05) is 4.90 Å². The number of rotatable bonds is 2. The Morgan fingerprint density at radius 3 is 2.62 bits per heavy atom. The van der Waals surface area contributed by atoms with Crippen molar-refractivity contribution in [2.24, 2.45) is 5.92 Å². The summed E-state index contributed by atoms with van der Waals surface area (Å²) in [5.41, 5.74) is -0.0883. The van der Waals surface area contributed by atoms with Crippen LogP contribution in [0.1, 0.15) is 47.0 Å². The molecule has 1 aromatic heterocycles. The highest BCUT2D eigenvalue weighted by atomic mass is 16.6. The molecule has 0 radical (unpaired) electrons. The van der Waals surface area contributed by atoms with Gasteiger partial charge in [0.15, 0.2) is 5.78 Å². The second kappa shape index (κ2) is 7.03. The fourth-order valence-electron chi connectivity index (χ4n) is 2.60. The first-order valence-electron chi connectivity index (χ1n) is 8.00. The van der Waals surface area contributed by atoms with E-state index in [1.807, 2.05) is 0 Å². The van der Waals surface area contributed by atoms with Crippen LogP contribution in [-0.4, -0.2) is 23.4 Å². The van der Waals surface area contributed by atoms with Gasteiger partial charge >= 0.3 is 6.09 Å². The molecule has 1 aromatic rings. The summed E-state index contributed by atoms with van der Waals surface area (Å²) in [6.45, 7) is 6.92. The molecule has 1 aliphatic carbocycles. The Labute approximate surface area is 141 Å². The minimum Gasteiger partial charge on any atom is -0.448 e. The van der Waals surface area contributed by atoms with E-state index < -0.39 is 23.5 Å². The van der Waals surface area contributed by atoms with Crippen LogP contribution in [0, 0.1) is 5.92 Å². The van der Waals surface area contributed by atoms with Gasteiger partial charge in [-0.2, -0.15) is 4.90 Å². The second-order valence-corrected chi connectivity index (χ2v) is 6.90. The van der Waals surface area contributed by atoms with Crippen LogP contribution in [0.2, 0.25) is 0 Å². The van der Waals surface area contributed by atoms with Gasteiger partial charge in [0.25, 0.3) is 0 Å². The number of carbonyl (C=O) groups excluding carboxylic acids is 3. The molecular weight excluding hydrogens is 310 g/mol. The fraction of sp³-hybridized carbons (Fsp3) is 0.500. The van der Waals surface area contributed by atoms with Gasteiger partial charge in [0.2, 0.25) is 11.8 Å². The maximum atomic E-state index is 13.0. The number of imide groups is 1. The lowest BCUT2D eigenvalue weighted by Crippen LogP contribution is -2.44. The first-order valence-corrected chi connectivity index (χ1v) is 8.00. The maximum absolute atomic E-state index is 13.0. The molecule has 24 heavy (non-hydrogen) atoms. The predicted molar refractivity (Wildman–Crippen MR) is 88.5 cm³/mol. The Morgan fingerprint density at radius 2 is 2.04 bits per heavy atom. The van der Waals surface area contributed by atoms with E-state index in [-0.39, 0.29) is 11.7 Å². The molecule has 6 heteroatoms. The molecule has 0 aliphatic heterocycles. The highest BCUT2D eigenvalue weighted by Crippen LogP contribution is 2.28. The number of hydrogen-bond donors (Lipinski definition) is 0. The van der Waals surface area contributed by atoms with Gasteiger partial charge in [0.05, 0.1) is 12.2 Å². The van der Waals surface area contributed by atoms with Crippen molar-refractivity contribution in [3.63, 3.8) is 0 Å². The minimum absolute atomic E-state index is 0.00427. The zero-order chi connectivity index (χ0) is 17.9. The molecule has 130 valence electrons. The lowest BCUT2D eigenvalue weighted by atomic mass is 9.95. The zero-order valence-corrected chi connectivity index (χ0v) is 14.5. The van der Waals surface area contributed by atoms with E-state index in [1.54, 1.807) is 33.8 Å². The van der Waals surface area contributed by atoms with Crippen LogP contribution in [-0.2, 0) is 14.3 Å². The predicted octanol–water partition coefficient (Wildman–Crippen LogP) is 3.86. The third kappa shape index (κ3) is 4.34. The summed E-state index contributed by atoms with van der Waals surface area (Å²) in [4.78, 5) is 38.1. The first kappa shape index (κ1) is 18.0. The first-order chi connectivity index (χ1) is 11.2. The quantitative estimate of drug-likeness (QED) is 0.821. The molecule has 0 bridgehead atoms. The highest BCUT2D eigenvalue weighted by molar-refractivity contribution is 6.13. The van der Waals surface area contributed by atoms with Crippen molar-refractivity contribution in [3.8, 4) is 0 Å². The molecule has 0 spiro atoms. The van der Waals surface area contributed by atoms with Gasteiger partial charge < -0.3 is 9.15 Å². The summed E-state index contributed by atoms with van der Waals surface area (Å²) in [7, 11) is 0. The van der Waals surface area contributed by atoms with Crippen LogP contribution in [0.4, 0.5) is 10.7 Å². The van der Waals surface area contributed by atoms with Crippen LogP contribution in [0.25, 0.3) is 0 Å². The highest BCUT2D eigenvalue weighted by Gasteiger charge is 2.36. The van der Waals surface area contributed by atoms with E-state index >= 15 is 0 Å². The molecule has 2 rings (SSSR count). The molecule has 0 N–H and O–H groups in total. The zero-order valence-electron chi connectivity index (χ0n) is 14.5. The van der Waals surface area contributed by atoms with Crippen molar-refractivity contribution in [1.29, 1.82) is 0 Å². The molecule has 0 aromatic carbocycles. The summed E-state index contributed by atoms with van der Waals surface area (Å²) in [6, 6.07) is 3.13. The van der Waals surface area contributed by atoms with Crippen LogP contribution in [0.5, 0.6) is 0 Å².